The zero-order valence-electron chi connectivity index (χ0n) is 11.7. The highest BCUT2D eigenvalue weighted by Gasteiger charge is 2.24. The molecule has 0 atom stereocenters. The molecule has 4 N–H and O–H groups in total. The van der Waals surface area contributed by atoms with Gasteiger partial charge in [-0.25, -0.2) is 13.6 Å². The Bertz CT molecular complexity index is 816. The molecular weight excluding hydrogens is 286 g/mol. The molecule has 6 heteroatoms. The summed E-state index contributed by atoms with van der Waals surface area (Å²) in [5.41, 5.74) is 10.0. The van der Waals surface area contributed by atoms with Crippen LogP contribution in [0.25, 0.3) is 0 Å². The largest absolute Gasteiger partial charge is 0.399 e. The van der Waals surface area contributed by atoms with E-state index in [0.717, 1.165) is 24.3 Å². The second-order valence-electron chi connectivity index (χ2n) is 5.24. The van der Waals surface area contributed by atoms with Crippen LogP contribution < -0.4 is 15.8 Å². The number of primary sulfonamides is 1. The van der Waals surface area contributed by atoms with Gasteiger partial charge in [-0.3, -0.25) is 0 Å². The van der Waals surface area contributed by atoms with Gasteiger partial charge < -0.3 is 10.6 Å². The first-order valence-corrected chi connectivity index (χ1v) is 8.21. The first-order chi connectivity index (χ1) is 9.88. The predicted molar refractivity (Wildman–Crippen MR) is 84.1 cm³/mol. The van der Waals surface area contributed by atoms with Crippen LogP contribution in [0.4, 0.5) is 17.1 Å². The zero-order chi connectivity index (χ0) is 15.2. The van der Waals surface area contributed by atoms with Crippen LogP contribution in [0.2, 0.25) is 0 Å². The Balaban J connectivity index is 2.19. The molecule has 0 unspecified atom stereocenters. The van der Waals surface area contributed by atoms with Crippen molar-refractivity contribution in [3.05, 3.63) is 47.5 Å². The van der Waals surface area contributed by atoms with Crippen LogP contribution in [-0.4, -0.2) is 15.0 Å². The second kappa shape index (κ2) is 4.75. The van der Waals surface area contributed by atoms with E-state index in [1.54, 1.807) is 13.0 Å². The Morgan fingerprint density at radius 3 is 2.57 bits per heavy atom. The van der Waals surface area contributed by atoms with Crippen molar-refractivity contribution >= 4 is 27.1 Å². The van der Waals surface area contributed by atoms with Crippen molar-refractivity contribution in [2.24, 2.45) is 5.14 Å². The van der Waals surface area contributed by atoms with Crippen LogP contribution in [0.1, 0.15) is 11.1 Å². The summed E-state index contributed by atoms with van der Waals surface area (Å²) in [6, 6.07) is 11.3. The smallest absolute Gasteiger partial charge is 0.238 e. The lowest BCUT2D eigenvalue weighted by Gasteiger charge is -2.23. The molecule has 0 bridgehead atoms. The van der Waals surface area contributed by atoms with E-state index < -0.39 is 10.0 Å². The van der Waals surface area contributed by atoms with Crippen molar-refractivity contribution in [3.63, 3.8) is 0 Å². The normalized spacial score (nSPS) is 14.3. The van der Waals surface area contributed by atoms with E-state index in [1.807, 2.05) is 18.2 Å². The molecule has 0 saturated heterocycles. The lowest BCUT2D eigenvalue weighted by atomic mass is 10.1. The number of anilines is 3. The van der Waals surface area contributed by atoms with Crippen molar-refractivity contribution in [1.29, 1.82) is 0 Å². The number of nitrogens with two attached hydrogens (primary N) is 2. The van der Waals surface area contributed by atoms with Gasteiger partial charge in [-0.1, -0.05) is 18.2 Å². The van der Waals surface area contributed by atoms with Gasteiger partial charge in [-0.05, 0) is 42.7 Å². The molecule has 0 fully saturated rings. The summed E-state index contributed by atoms with van der Waals surface area (Å²) >= 11 is 0. The molecule has 2 aromatic carbocycles. The summed E-state index contributed by atoms with van der Waals surface area (Å²) in [6.07, 6.45) is 0.926. The van der Waals surface area contributed by atoms with Gasteiger partial charge in [0.05, 0.1) is 4.90 Å². The number of hydrogen-bond donors (Lipinski definition) is 2. The Labute approximate surface area is 124 Å². The molecule has 0 spiro atoms. The fourth-order valence-electron chi connectivity index (χ4n) is 2.86. The molecular formula is C15H17N3O2S. The molecule has 0 radical (unpaired) electrons. The number of benzene rings is 2. The van der Waals surface area contributed by atoms with Crippen LogP contribution in [0.3, 0.4) is 0 Å². The highest BCUT2D eigenvalue weighted by Crippen LogP contribution is 2.38. The molecule has 110 valence electrons. The van der Waals surface area contributed by atoms with Crippen molar-refractivity contribution in [1.82, 2.24) is 0 Å². The minimum absolute atomic E-state index is 0.0851. The maximum Gasteiger partial charge on any atom is 0.238 e. The monoisotopic (exact) mass is 303 g/mol. The number of rotatable bonds is 2. The van der Waals surface area contributed by atoms with Gasteiger partial charge in [0, 0.05) is 23.6 Å². The number of para-hydroxylation sites is 1. The van der Waals surface area contributed by atoms with Gasteiger partial charge in [0.25, 0.3) is 0 Å². The van der Waals surface area contributed by atoms with Gasteiger partial charge in [-0.2, -0.15) is 0 Å². The van der Waals surface area contributed by atoms with Gasteiger partial charge in [-0.15, -0.1) is 0 Å². The predicted octanol–water partition coefficient (Wildman–Crippen LogP) is 1.92. The second-order valence-corrected chi connectivity index (χ2v) is 6.77. The lowest BCUT2D eigenvalue weighted by molar-refractivity contribution is 0.597. The van der Waals surface area contributed by atoms with Gasteiger partial charge >= 0.3 is 0 Å². The fourth-order valence-corrected chi connectivity index (χ4v) is 3.69. The van der Waals surface area contributed by atoms with E-state index in [-0.39, 0.29) is 4.90 Å². The Morgan fingerprint density at radius 2 is 1.86 bits per heavy atom. The standard InChI is InChI=1S/C15H17N3O2S/c1-10-14(8-12(16)9-15(10)21(17,19)20)18-7-6-11-4-2-3-5-13(11)18/h2-5,8-9H,6-7,16H2,1H3,(H2,17,19,20). The van der Waals surface area contributed by atoms with Crippen LogP contribution >= 0.6 is 0 Å². The maximum atomic E-state index is 11.7. The Morgan fingerprint density at radius 1 is 1.14 bits per heavy atom. The van der Waals surface area contributed by atoms with Gasteiger partial charge in [0.1, 0.15) is 0 Å². The highest BCUT2D eigenvalue weighted by molar-refractivity contribution is 7.89. The maximum absolute atomic E-state index is 11.7. The Kier molecular flexibility index (Phi) is 3.15. The summed E-state index contributed by atoms with van der Waals surface area (Å²) in [7, 11) is -3.79. The molecule has 5 nitrogen and oxygen atoms in total. The zero-order valence-corrected chi connectivity index (χ0v) is 12.5. The first kappa shape index (κ1) is 13.9. The molecule has 0 saturated carbocycles. The third-order valence-corrected chi connectivity index (χ3v) is 4.88. The SMILES string of the molecule is Cc1c(N2CCc3ccccc32)cc(N)cc1S(N)(=O)=O. The third-order valence-electron chi connectivity index (χ3n) is 3.84. The Hall–Kier alpha value is -2.05. The van der Waals surface area contributed by atoms with Gasteiger partial charge in [0.2, 0.25) is 10.0 Å². The van der Waals surface area contributed by atoms with Crippen molar-refractivity contribution < 1.29 is 8.42 Å². The number of hydrogen-bond acceptors (Lipinski definition) is 4. The highest BCUT2D eigenvalue weighted by atomic mass is 32.2. The van der Waals surface area contributed by atoms with Crippen molar-refractivity contribution in [2.45, 2.75) is 18.2 Å². The van der Waals surface area contributed by atoms with Crippen LogP contribution in [-0.2, 0) is 16.4 Å². The molecule has 3 rings (SSSR count). The van der Waals surface area contributed by atoms with Crippen molar-refractivity contribution in [2.75, 3.05) is 17.2 Å². The molecule has 0 amide bonds. The van der Waals surface area contributed by atoms with Gasteiger partial charge in [0.15, 0.2) is 0 Å². The fraction of sp³-hybridized carbons (Fsp3) is 0.200. The summed E-state index contributed by atoms with van der Waals surface area (Å²) < 4.78 is 23.4. The topological polar surface area (TPSA) is 89.4 Å². The van der Waals surface area contributed by atoms with E-state index in [4.69, 9.17) is 10.9 Å². The third kappa shape index (κ3) is 2.36. The summed E-state index contributed by atoms with van der Waals surface area (Å²) in [5, 5.41) is 5.29. The summed E-state index contributed by atoms with van der Waals surface area (Å²) in [6.45, 7) is 2.56. The summed E-state index contributed by atoms with van der Waals surface area (Å²) in [4.78, 5) is 2.18. The molecule has 21 heavy (non-hydrogen) atoms. The van der Waals surface area contributed by atoms with Crippen LogP contribution in [0.15, 0.2) is 41.3 Å². The molecule has 0 aromatic heterocycles. The average molecular weight is 303 g/mol. The van der Waals surface area contributed by atoms with E-state index in [2.05, 4.69) is 11.0 Å². The van der Waals surface area contributed by atoms with Crippen LogP contribution in [0, 0.1) is 6.92 Å². The summed E-state index contributed by atoms with van der Waals surface area (Å²) in [5.74, 6) is 0. The minimum atomic E-state index is -3.79. The van der Waals surface area contributed by atoms with E-state index in [9.17, 15) is 8.42 Å². The average Bonchev–Trinajstić information content (AvgIpc) is 2.83. The number of sulfonamides is 1. The van der Waals surface area contributed by atoms with E-state index in [1.165, 1.54) is 11.6 Å². The minimum Gasteiger partial charge on any atom is -0.399 e. The lowest BCUT2D eigenvalue weighted by Crippen LogP contribution is -2.19. The first-order valence-electron chi connectivity index (χ1n) is 6.66. The molecule has 1 aliphatic heterocycles. The van der Waals surface area contributed by atoms with E-state index >= 15 is 0 Å². The van der Waals surface area contributed by atoms with E-state index in [0.29, 0.717) is 11.3 Å². The number of fused-ring (bicyclic) bond motifs is 1. The van der Waals surface area contributed by atoms with Crippen molar-refractivity contribution in [3.8, 4) is 0 Å². The molecule has 0 aliphatic carbocycles. The number of nitrogen functional groups attached to an aromatic ring is 1. The molecule has 1 aliphatic rings. The quantitative estimate of drug-likeness (QED) is 0.829. The molecule has 1 heterocycles. The number of nitrogens with zero attached hydrogens (tertiary/aromatic N) is 1. The van der Waals surface area contributed by atoms with Crippen LogP contribution in [0.5, 0.6) is 0 Å². The molecule has 2 aromatic rings.